The highest BCUT2D eigenvalue weighted by molar-refractivity contribution is 9.10. The minimum Gasteiger partial charge on any atom is -0.305 e. The van der Waals surface area contributed by atoms with Crippen molar-refractivity contribution in [3.63, 3.8) is 0 Å². The molecule has 8 heteroatoms. The lowest BCUT2D eigenvalue weighted by Crippen LogP contribution is -2.31. The van der Waals surface area contributed by atoms with Gasteiger partial charge in [-0.05, 0) is 17.7 Å². The summed E-state index contributed by atoms with van der Waals surface area (Å²) < 4.78 is 2.00. The number of aromatic nitrogens is 4. The normalized spacial score (nSPS) is 11.4. The van der Waals surface area contributed by atoms with Crippen LogP contribution in [0.1, 0.15) is 11.3 Å². The van der Waals surface area contributed by atoms with Gasteiger partial charge < -0.3 is 4.98 Å². The molecule has 3 aromatic rings. The largest absolute Gasteiger partial charge is 0.329 e. The molecule has 2 heterocycles. The molecule has 0 aliphatic heterocycles. The Kier molecular flexibility index (Phi) is 3.83. The number of aromatic amines is 2. The van der Waals surface area contributed by atoms with E-state index in [9.17, 15) is 14.4 Å². The smallest absolute Gasteiger partial charge is 0.305 e. The van der Waals surface area contributed by atoms with E-state index in [4.69, 9.17) is 0 Å². The Morgan fingerprint density at radius 2 is 1.83 bits per heavy atom. The first-order chi connectivity index (χ1) is 11.0. The van der Waals surface area contributed by atoms with Gasteiger partial charge in [-0.3, -0.25) is 19.1 Å². The fourth-order valence-electron chi connectivity index (χ4n) is 2.09. The Morgan fingerprint density at radius 1 is 1.09 bits per heavy atom. The van der Waals surface area contributed by atoms with Crippen LogP contribution in [0.5, 0.6) is 0 Å². The Labute approximate surface area is 137 Å². The summed E-state index contributed by atoms with van der Waals surface area (Å²) in [5, 5.41) is 0. The topological polar surface area (TPSA) is 101 Å². The maximum Gasteiger partial charge on any atom is 0.329 e. The van der Waals surface area contributed by atoms with Crippen LogP contribution in [0.4, 0.5) is 0 Å². The molecular formula is C15H11BrN4O3. The number of nitrogens with one attached hydrogen (secondary N) is 2. The fourth-order valence-corrected chi connectivity index (χ4v) is 2.51. The summed E-state index contributed by atoms with van der Waals surface area (Å²) in [7, 11) is 1.44. The summed E-state index contributed by atoms with van der Waals surface area (Å²) in [5.74, 6) is 0. The van der Waals surface area contributed by atoms with E-state index in [0.717, 1.165) is 14.6 Å². The lowest BCUT2D eigenvalue weighted by molar-refractivity contribution is 0.820. The monoisotopic (exact) mass is 374 g/mol. The van der Waals surface area contributed by atoms with Gasteiger partial charge in [-0.25, -0.2) is 9.78 Å². The van der Waals surface area contributed by atoms with Crippen LogP contribution in [0.25, 0.3) is 23.3 Å². The molecule has 0 aliphatic rings. The minimum atomic E-state index is -0.644. The zero-order chi connectivity index (χ0) is 16.6. The molecule has 0 radical (unpaired) electrons. The Bertz CT molecular complexity index is 1110. The quantitative estimate of drug-likeness (QED) is 0.704. The van der Waals surface area contributed by atoms with Crippen LogP contribution in [0.2, 0.25) is 0 Å². The Balaban J connectivity index is 2.18. The fraction of sp³-hybridized carbons (Fsp3) is 0.0667. The van der Waals surface area contributed by atoms with Gasteiger partial charge in [0.05, 0.1) is 0 Å². The van der Waals surface area contributed by atoms with Crippen molar-refractivity contribution in [2.24, 2.45) is 7.05 Å². The van der Waals surface area contributed by atoms with Gasteiger partial charge >= 0.3 is 5.69 Å². The molecule has 0 atom stereocenters. The van der Waals surface area contributed by atoms with E-state index in [1.165, 1.54) is 13.1 Å². The highest BCUT2D eigenvalue weighted by atomic mass is 79.9. The molecule has 0 unspecified atom stereocenters. The summed E-state index contributed by atoms with van der Waals surface area (Å²) in [4.78, 5) is 44.2. The first-order valence-corrected chi connectivity index (χ1v) is 7.42. The molecule has 0 saturated heterocycles. The molecule has 23 heavy (non-hydrogen) atoms. The number of halogens is 1. The van der Waals surface area contributed by atoms with Crippen LogP contribution in [0, 0.1) is 0 Å². The van der Waals surface area contributed by atoms with Gasteiger partial charge in [0.25, 0.3) is 11.1 Å². The van der Waals surface area contributed by atoms with Crippen LogP contribution < -0.4 is 16.8 Å². The molecule has 2 N–H and O–H groups in total. The zero-order valence-electron chi connectivity index (χ0n) is 12.0. The highest BCUT2D eigenvalue weighted by Crippen LogP contribution is 2.17. The van der Waals surface area contributed by atoms with Gasteiger partial charge in [-0.15, -0.1) is 0 Å². The maximum atomic E-state index is 12.1. The van der Waals surface area contributed by atoms with E-state index in [-0.39, 0.29) is 16.9 Å². The molecule has 116 valence electrons. The number of benzene rings is 1. The molecular weight excluding hydrogens is 364 g/mol. The van der Waals surface area contributed by atoms with Crippen LogP contribution in [0.15, 0.2) is 43.1 Å². The molecule has 0 amide bonds. The predicted octanol–water partition coefficient (Wildman–Crippen LogP) is 1.24. The van der Waals surface area contributed by atoms with E-state index < -0.39 is 16.8 Å². The second-order valence-corrected chi connectivity index (χ2v) is 5.68. The standard InChI is InChI=1S/C15H11BrN4O3/c1-20-12-11(14(22)19-15(20)23)17-10(13(21)18-12)7-6-8-4-2-3-5-9(8)16/h2-7H,1H3,(H,18,21)(H,19,22,23)/b7-6+. The molecule has 0 fully saturated rings. The second kappa shape index (κ2) is 5.81. The maximum absolute atomic E-state index is 12.1. The number of hydrogen-bond acceptors (Lipinski definition) is 4. The van der Waals surface area contributed by atoms with E-state index in [1.54, 1.807) is 6.08 Å². The summed E-state index contributed by atoms with van der Waals surface area (Å²) in [6, 6.07) is 7.48. The van der Waals surface area contributed by atoms with E-state index >= 15 is 0 Å². The lowest BCUT2D eigenvalue weighted by atomic mass is 10.2. The van der Waals surface area contributed by atoms with Crippen molar-refractivity contribution in [1.29, 1.82) is 0 Å². The van der Waals surface area contributed by atoms with Gasteiger partial charge in [0, 0.05) is 11.5 Å². The minimum absolute atomic E-state index is 0.00141. The lowest BCUT2D eigenvalue weighted by Gasteiger charge is -2.03. The number of hydrogen-bond donors (Lipinski definition) is 2. The SMILES string of the molecule is Cn1c(=O)[nH]c(=O)c2nc(/C=C/c3ccccc3Br)c(=O)[nH]c21. The van der Waals surface area contributed by atoms with Gasteiger partial charge in [0.1, 0.15) is 11.3 Å². The highest BCUT2D eigenvalue weighted by Gasteiger charge is 2.09. The number of aryl methyl sites for hydroxylation is 1. The van der Waals surface area contributed by atoms with Crippen molar-refractivity contribution in [2.75, 3.05) is 0 Å². The van der Waals surface area contributed by atoms with Gasteiger partial charge in [0.2, 0.25) is 0 Å². The average molecular weight is 375 g/mol. The van der Waals surface area contributed by atoms with Crippen LogP contribution >= 0.6 is 15.9 Å². The van der Waals surface area contributed by atoms with Gasteiger partial charge in [0.15, 0.2) is 5.52 Å². The third-order valence-electron chi connectivity index (χ3n) is 3.32. The molecule has 0 aliphatic carbocycles. The average Bonchev–Trinajstić information content (AvgIpc) is 2.52. The first-order valence-electron chi connectivity index (χ1n) is 6.63. The van der Waals surface area contributed by atoms with Crippen LogP contribution in [-0.4, -0.2) is 19.5 Å². The third kappa shape index (κ3) is 2.80. The van der Waals surface area contributed by atoms with Crippen molar-refractivity contribution in [2.45, 2.75) is 0 Å². The zero-order valence-corrected chi connectivity index (χ0v) is 13.5. The molecule has 0 spiro atoms. The number of nitrogens with zero attached hydrogens (tertiary/aromatic N) is 2. The molecule has 1 aromatic carbocycles. The summed E-state index contributed by atoms with van der Waals surface area (Å²) in [6.45, 7) is 0. The van der Waals surface area contributed by atoms with E-state index in [1.807, 2.05) is 24.3 Å². The van der Waals surface area contributed by atoms with Crippen molar-refractivity contribution in [1.82, 2.24) is 19.5 Å². The summed E-state index contributed by atoms with van der Waals surface area (Å²) in [5.41, 5.74) is -0.714. The van der Waals surface area contributed by atoms with Crippen LogP contribution in [-0.2, 0) is 7.05 Å². The molecule has 0 bridgehead atoms. The number of H-pyrrole nitrogens is 2. The third-order valence-corrected chi connectivity index (χ3v) is 4.04. The number of rotatable bonds is 2. The van der Waals surface area contributed by atoms with Crippen molar-refractivity contribution >= 4 is 39.2 Å². The Hall–Kier alpha value is -2.74. The van der Waals surface area contributed by atoms with Crippen molar-refractivity contribution in [3.8, 4) is 0 Å². The number of fused-ring (bicyclic) bond motifs is 1. The molecule has 0 saturated carbocycles. The summed E-state index contributed by atoms with van der Waals surface area (Å²) >= 11 is 3.41. The second-order valence-electron chi connectivity index (χ2n) is 4.82. The van der Waals surface area contributed by atoms with Crippen molar-refractivity contribution < 1.29 is 0 Å². The predicted molar refractivity (Wildman–Crippen MR) is 91.3 cm³/mol. The van der Waals surface area contributed by atoms with Gasteiger partial charge in [-0.2, -0.15) is 0 Å². The van der Waals surface area contributed by atoms with Crippen LogP contribution in [0.3, 0.4) is 0 Å². The molecule has 3 rings (SSSR count). The Morgan fingerprint density at radius 3 is 2.57 bits per heavy atom. The first kappa shape index (κ1) is 15.2. The molecule has 2 aromatic heterocycles. The molecule has 7 nitrogen and oxygen atoms in total. The van der Waals surface area contributed by atoms with E-state index in [2.05, 4.69) is 30.9 Å². The van der Waals surface area contributed by atoms with Crippen molar-refractivity contribution in [3.05, 3.63) is 71.2 Å². The van der Waals surface area contributed by atoms with E-state index in [0.29, 0.717) is 0 Å². The summed E-state index contributed by atoms with van der Waals surface area (Å²) in [6.07, 6.45) is 3.23. The van der Waals surface area contributed by atoms with Gasteiger partial charge in [-0.1, -0.05) is 40.2 Å².